The molecule has 0 N–H and O–H groups in total. The van der Waals surface area contributed by atoms with Gasteiger partial charge in [-0.15, -0.1) is 0 Å². The predicted molar refractivity (Wildman–Crippen MR) is 71.3 cm³/mol. The lowest BCUT2D eigenvalue weighted by atomic mass is 10.1. The first-order valence-electron chi connectivity index (χ1n) is 6.20. The second kappa shape index (κ2) is 7.32. The van der Waals surface area contributed by atoms with E-state index in [0.29, 0.717) is 6.42 Å². The van der Waals surface area contributed by atoms with E-state index in [1.165, 1.54) is 7.11 Å². The molecule has 0 spiro atoms. The molecule has 0 unspecified atom stereocenters. The van der Waals surface area contributed by atoms with Gasteiger partial charge < -0.3 is 9.64 Å². The molecular formula is C13H15FN2O5. The Hall–Kier alpha value is -2.51. The summed E-state index contributed by atoms with van der Waals surface area (Å²) in [4.78, 5) is 34.8. The number of halogens is 1. The van der Waals surface area contributed by atoms with Gasteiger partial charge in [-0.3, -0.25) is 19.7 Å². The molecule has 0 atom stereocenters. The molecule has 0 fully saturated rings. The maximum atomic E-state index is 13.3. The first-order valence-corrected chi connectivity index (χ1v) is 6.20. The third-order valence-corrected chi connectivity index (χ3v) is 2.71. The number of nitro benzene ring substituents is 1. The van der Waals surface area contributed by atoms with Gasteiger partial charge in [-0.05, 0) is 18.6 Å². The van der Waals surface area contributed by atoms with Gasteiger partial charge in [-0.25, -0.2) is 4.39 Å². The Labute approximate surface area is 120 Å². The van der Waals surface area contributed by atoms with Gasteiger partial charge in [0.15, 0.2) is 0 Å². The van der Waals surface area contributed by atoms with Crippen LogP contribution in [0.4, 0.5) is 10.1 Å². The minimum absolute atomic E-state index is 0.196. The first kappa shape index (κ1) is 16.5. The zero-order valence-corrected chi connectivity index (χ0v) is 11.7. The summed E-state index contributed by atoms with van der Waals surface area (Å²) in [5, 5.41) is 10.9. The minimum atomic E-state index is -0.784. The molecule has 8 heteroatoms. The maximum absolute atomic E-state index is 13.3. The summed E-state index contributed by atoms with van der Waals surface area (Å²) in [7, 11) is 1.17. The van der Waals surface area contributed by atoms with Gasteiger partial charge in [-0.2, -0.15) is 0 Å². The van der Waals surface area contributed by atoms with E-state index in [0.717, 1.165) is 23.1 Å². The fraction of sp³-hybridized carbons (Fsp3) is 0.385. The largest absolute Gasteiger partial charge is 0.468 e. The summed E-state index contributed by atoms with van der Waals surface area (Å²) < 4.78 is 17.7. The lowest BCUT2D eigenvalue weighted by Gasteiger charge is -2.20. The number of carbonyl (C=O) groups excluding carboxylic acids is 2. The van der Waals surface area contributed by atoms with Crippen LogP contribution in [0.25, 0.3) is 0 Å². The third-order valence-electron chi connectivity index (χ3n) is 2.71. The number of esters is 1. The van der Waals surface area contributed by atoms with Crippen LogP contribution < -0.4 is 0 Å². The number of ether oxygens (including phenoxy) is 1. The molecule has 21 heavy (non-hydrogen) atoms. The van der Waals surface area contributed by atoms with E-state index in [2.05, 4.69) is 4.74 Å². The third kappa shape index (κ3) is 4.23. The highest BCUT2D eigenvalue weighted by atomic mass is 19.1. The van der Waals surface area contributed by atoms with Crippen molar-refractivity contribution >= 4 is 17.6 Å². The quantitative estimate of drug-likeness (QED) is 0.453. The molecule has 1 aromatic carbocycles. The Balaban J connectivity index is 3.16. The number of hydrogen-bond acceptors (Lipinski definition) is 5. The van der Waals surface area contributed by atoms with Crippen molar-refractivity contribution in [2.45, 2.75) is 13.3 Å². The van der Waals surface area contributed by atoms with E-state index in [4.69, 9.17) is 0 Å². The highest BCUT2D eigenvalue weighted by molar-refractivity contribution is 5.99. The van der Waals surface area contributed by atoms with E-state index in [1.807, 2.05) is 0 Å². The molecule has 0 saturated heterocycles. The monoisotopic (exact) mass is 298 g/mol. The Morgan fingerprint density at radius 1 is 1.43 bits per heavy atom. The minimum Gasteiger partial charge on any atom is -0.468 e. The highest BCUT2D eigenvalue weighted by Gasteiger charge is 2.26. The number of methoxy groups -OCH3 is 1. The molecule has 7 nitrogen and oxygen atoms in total. The molecule has 0 heterocycles. The molecule has 0 saturated carbocycles. The molecule has 1 amide bonds. The van der Waals surface area contributed by atoms with Crippen LogP contribution in [-0.4, -0.2) is 41.9 Å². The highest BCUT2D eigenvalue weighted by Crippen LogP contribution is 2.21. The van der Waals surface area contributed by atoms with Crippen LogP contribution in [-0.2, 0) is 9.53 Å². The van der Waals surface area contributed by atoms with Crippen molar-refractivity contribution in [3.63, 3.8) is 0 Å². The summed E-state index contributed by atoms with van der Waals surface area (Å²) in [6.07, 6.45) is 0.534. The zero-order valence-electron chi connectivity index (χ0n) is 11.7. The summed E-state index contributed by atoms with van der Waals surface area (Å²) in [5.74, 6) is -2.21. The number of benzene rings is 1. The zero-order chi connectivity index (χ0) is 16.0. The van der Waals surface area contributed by atoms with Crippen LogP contribution in [0.5, 0.6) is 0 Å². The lowest BCUT2D eigenvalue weighted by molar-refractivity contribution is -0.385. The summed E-state index contributed by atoms with van der Waals surface area (Å²) in [5.41, 5.74) is -0.898. The molecular weight excluding hydrogens is 283 g/mol. The van der Waals surface area contributed by atoms with Crippen molar-refractivity contribution in [2.75, 3.05) is 20.2 Å². The van der Waals surface area contributed by atoms with Gasteiger partial charge in [0.05, 0.1) is 12.0 Å². The topological polar surface area (TPSA) is 89.8 Å². The number of amides is 1. The standard InChI is InChI=1S/C13H15FN2O5/c1-3-6-15(8-12(17)21-2)13(18)10-7-9(14)4-5-11(10)16(19)20/h4-5,7H,3,6,8H2,1-2H3. The van der Waals surface area contributed by atoms with Crippen LogP contribution in [0.15, 0.2) is 18.2 Å². The van der Waals surface area contributed by atoms with Crippen molar-refractivity contribution in [1.82, 2.24) is 4.90 Å². The first-order chi connectivity index (χ1) is 9.90. The normalized spacial score (nSPS) is 10.0. The van der Waals surface area contributed by atoms with E-state index < -0.39 is 33.9 Å². The average molecular weight is 298 g/mol. The predicted octanol–water partition coefficient (Wildman–Crippen LogP) is 1.76. The molecule has 0 aromatic heterocycles. The Morgan fingerprint density at radius 3 is 2.62 bits per heavy atom. The molecule has 1 rings (SSSR count). The van der Waals surface area contributed by atoms with Crippen molar-refractivity contribution in [2.24, 2.45) is 0 Å². The van der Waals surface area contributed by atoms with E-state index in [-0.39, 0.29) is 13.1 Å². The van der Waals surface area contributed by atoms with Gasteiger partial charge in [0.25, 0.3) is 11.6 Å². The summed E-state index contributed by atoms with van der Waals surface area (Å²) >= 11 is 0. The Kier molecular flexibility index (Phi) is 5.77. The van der Waals surface area contributed by atoms with Crippen molar-refractivity contribution in [3.05, 3.63) is 39.7 Å². The van der Waals surface area contributed by atoms with Crippen molar-refractivity contribution < 1.29 is 23.6 Å². The van der Waals surface area contributed by atoms with Gasteiger partial charge in [0, 0.05) is 12.6 Å². The second-order valence-electron chi connectivity index (χ2n) is 4.22. The van der Waals surface area contributed by atoms with Crippen LogP contribution >= 0.6 is 0 Å². The van der Waals surface area contributed by atoms with Gasteiger partial charge >= 0.3 is 5.97 Å². The molecule has 0 aliphatic heterocycles. The van der Waals surface area contributed by atoms with E-state index in [1.54, 1.807) is 6.92 Å². The number of rotatable bonds is 6. The number of hydrogen-bond donors (Lipinski definition) is 0. The Morgan fingerprint density at radius 2 is 2.10 bits per heavy atom. The smallest absolute Gasteiger partial charge is 0.325 e. The van der Waals surface area contributed by atoms with Crippen LogP contribution in [0.1, 0.15) is 23.7 Å². The van der Waals surface area contributed by atoms with Crippen molar-refractivity contribution in [3.8, 4) is 0 Å². The second-order valence-corrected chi connectivity index (χ2v) is 4.22. The molecule has 0 aliphatic rings. The fourth-order valence-corrected chi connectivity index (χ4v) is 1.75. The number of nitrogens with zero attached hydrogens (tertiary/aromatic N) is 2. The molecule has 0 bridgehead atoms. The van der Waals surface area contributed by atoms with Gasteiger partial charge in [0.1, 0.15) is 17.9 Å². The summed E-state index contributed by atoms with van der Waals surface area (Å²) in [6, 6.07) is 2.62. The van der Waals surface area contributed by atoms with E-state index >= 15 is 0 Å². The molecule has 1 aromatic rings. The van der Waals surface area contributed by atoms with Crippen molar-refractivity contribution in [1.29, 1.82) is 0 Å². The van der Waals surface area contributed by atoms with Gasteiger partial charge in [-0.1, -0.05) is 6.92 Å². The van der Waals surface area contributed by atoms with E-state index in [9.17, 15) is 24.1 Å². The SMILES string of the molecule is CCCN(CC(=O)OC)C(=O)c1cc(F)ccc1[N+](=O)[O-]. The molecule has 0 aliphatic carbocycles. The lowest BCUT2D eigenvalue weighted by Crippen LogP contribution is -2.37. The average Bonchev–Trinajstić information content (AvgIpc) is 2.45. The molecule has 114 valence electrons. The van der Waals surface area contributed by atoms with Crippen LogP contribution in [0.2, 0.25) is 0 Å². The molecule has 0 radical (unpaired) electrons. The Bertz CT molecular complexity index is 561. The van der Waals surface area contributed by atoms with Crippen LogP contribution in [0, 0.1) is 15.9 Å². The van der Waals surface area contributed by atoms with Gasteiger partial charge in [0.2, 0.25) is 0 Å². The fourth-order valence-electron chi connectivity index (χ4n) is 1.75. The van der Waals surface area contributed by atoms with Crippen LogP contribution in [0.3, 0.4) is 0 Å². The number of nitro groups is 1. The maximum Gasteiger partial charge on any atom is 0.325 e. The number of carbonyl (C=O) groups is 2. The summed E-state index contributed by atoms with van der Waals surface area (Å²) in [6.45, 7) is 1.62.